The van der Waals surface area contributed by atoms with Crippen molar-refractivity contribution in [1.82, 2.24) is 10.2 Å². The average molecular weight is 205 g/mol. The van der Waals surface area contributed by atoms with Crippen molar-refractivity contribution in [2.75, 3.05) is 32.4 Å². The molecule has 1 unspecified atom stereocenters. The third-order valence-electron chi connectivity index (χ3n) is 2.54. The van der Waals surface area contributed by atoms with Crippen LogP contribution in [0.1, 0.15) is 12.8 Å². The molecule has 0 aromatic rings. The second-order valence-corrected chi connectivity index (χ2v) is 4.49. The summed E-state index contributed by atoms with van der Waals surface area (Å²) in [6, 6.07) is 0.560. The van der Waals surface area contributed by atoms with Gasteiger partial charge in [0.1, 0.15) is 0 Å². The molecule has 0 saturated carbocycles. The van der Waals surface area contributed by atoms with E-state index in [2.05, 4.69) is 10.2 Å². The smallest absolute Gasteiger partial charge is 0.0229 e. The van der Waals surface area contributed by atoms with Crippen LogP contribution in [0.5, 0.6) is 0 Å². The van der Waals surface area contributed by atoms with Gasteiger partial charge in [-0.2, -0.15) is 0 Å². The highest BCUT2D eigenvalue weighted by Crippen LogP contribution is 2.08. The van der Waals surface area contributed by atoms with Gasteiger partial charge in [0.25, 0.3) is 0 Å². The van der Waals surface area contributed by atoms with Crippen LogP contribution in [0.25, 0.3) is 0 Å². The number of nitrogens with one attached hydrogen (secondary N) is 1. The fourth-order valence-electron chi connectivity index (χ4n) is 1.65. The Balaban J connectivity index is 2.20. The quantitative estimate of drug-likeness (QED) is 0.632. The first-order valence-corrected chi connectivity index (χ1v) is 5.91. The number of rotatable bonds is 4. The Morgan fingerprint density at radius 2 is 2.15 bits per heavy atom. The van der Waals surface area contributed by atoms with Crippen molar-refractivity contribution in [2.24, 2.45) is 0 Å². The minimum absolute atomic E-state index is 0.250. The Bertz CT molecular complexity index is 172. The minimum atomic E-state index is -1.90. The van der Waals surface area contributed by atoms with Crippen LogP contribution in [-0.2, 0) is 11.1 Å². The van der Waals surface area contributed by atoms with E-state index in [1.54, 1.807) is 0 Å². The number of hydrogen-bond donors (Lipinski definition) is 1. The van der Waals surface area contributed by atoms with Crippen molar-refractivity contribution in [1.29, 1.82) is 0 Å². The zero-order chi connectivity index (χ0) is 9.68. The molecule has 0 aliphatic carbocycles. The van der Waals surface area contributed by atoms with Crippen molar-refractivity contribution in [2.45, 2.75) is 18.9 Å². The van der Waals surface area contributed by atoms with Crippen LogP contribution in [0.15, 0.2) is 0 Å². The first kappa shape index (κ1) is 11.1. The molecular weight excluding hydrogens is 188 g/mol. The van der Waals surface area contributed by atoms with Crippen molar-refractivity contribution in [3.8, 4) is 0 Å². The third kappa shape index (κ3) is 4.17. The number of nitrogens with zero attached hydrogens (tertiary/aromatic N) is 1. The molecule has 4 nitrogen and oxygen atoms in total. The third-order valence-corrected chi connectivity index (χ3v) is 3.06. The Kier molecular flexibility index (Phi) is 4.87. The predicted molar refractivity (Wildman–Crippen MR) is 52.3 cm³/mol. The average Bonchev–Trinajstić information content (AvgIpc) is 2.15. The zero-order valence-electron chi connectivity index (χ0n) is 7.99. The second-order valence-electron chi connectivity index (χ2n) is 3.47. The summed E-state index contributed by atoms with van der Waals surface area (Å²) >= 11 is -1.90. The minimum Gasteiger partial charge on any atom is -0.772 e. The molecule has 1 rings (SSSR count). The van der Waals surface area contributed by atoms with Gasteiger partial charge in [-0.05, 0) is 33.0 Å². The zero-order valence-corrected chi connectivity index (χ0v) is 8.81. The highest BCUT2D eigenvalue weighted by molar-refractivity contribution is 7.79. The van der Waals surface area contributed by atoms with E-state index in [-0.39, 0.29) is 5.75 Å². The molecule has 1 saturated heterocycles. The van der Waals surface area contributed by atoms with Gasteiger partial charge in [0.15, 0.2) is 0 Å². The van der Waals surface area contributed by atoms with Gasteiger partial charge in [-0.3, -0.25) is 4.21 Å². The molecule has 1 N–H and O–H groups in total. The lowest BCUT2D eigenvalue weighted by molar-refractivity contribution is 0.208. The van der Waals surface area contributed by atoms with E-state index >= 15 is 0 Å². The van der Waals surface area contributed by atoms with Crippen molar-refractivity contribution in [3.05, 3.63) is 0 Å². The predicted octanol–water partition coefficient (Wildman–Crippen LogP) is -0.451. The summed E-state index contributed by atoms with van der Waals surface area (Å²) in [5.74, 6) is 0.250. The van der Waals surface area contributed by atoms with Gasteiger partial charge in [0.05, 0.1) is 0 Å². The molecule has 13 heavy (non-hydrogen) atoms. The molecule has 0 spiro atoms. The van der Waals surface area contributed by atoms with E-state index in [4.69, 9.17) is 0 Å². The Hall–Kier alpha value is 0.0300. The molecule has 0 aromatic heterocycles. The van der Waals surface area contributed by atoms with Crippen molar-refractivity contribution < 1.29 is 8.76 Å². The van der Waals surface area contributed by atoms with Crippen LogP contribution in [0.4, 0.5) is 0 Å². The summed E-state index contributed by atoms with van der Waals surface area (Å²) < 4.78 is 20.7. The molecule has 1 fully saturated rings. The first-order chi connectivity index (χ1) is 6.20. The Morgan fingerprint density at radius 1 is 1.54 bits per heavy atom. The molecule has 1 aliphatic rings. The highest BCUT2D eigenvalue weighted by atomic mass is 32.2. The van der Waals surface area contributed by atoms with Crippen LogP contribution in [0.2, 0.25) is 0 Å². The lowest BCUT2D eigenvalue weighted by atomic mass is 10.1. The topological polar surface area (TPSA) is 55.4 Å². The summed E-state index contributed by atoms with van der Waals surface area (Å²) in [5.41, 5.74) is 0. The van der Waals surface area contributed by atoms with Crippen LogP contribution in [0, 0.1) is 0 Å². The Labute approximate surface area is 82.0 Å². The van der Waals surface area contributed by atoms with Gasteiger partial charge >= 0.3 is 0 Å². The standard InChI is InChI=1S/C8H18N2O2S/c1-10(6-7-13(11)12)8-2-4-9-5-3-8/h8-9H,2-7H2,1H3,(H,11,12)/p-1. The largest absolute Gasteiger partial charge is 0.772 e. The van der Waals surface area contributed by atoms with Crippen LogP contribution >= 0.6 is 0 Å². The van der Waals surface area contributed by atoms with E-state index in [0.29, 0.717) is 12.6 Å². The van der Waals surface area contributed by atoms with Gasteiger partial charge in [-0.15, -0.1) is 0 Å². The van der Waals surface area contributed by atoms with E-state index in [0.717, 1.165) is 25.9 Å². The fourth-order valence-corrected chi connectivity index (χ4v) is 2.09. The molecule has 78 valence electrons. The van der Waals surface area contributed by atoms with E-state index in [9.17, 15) is 8.76 Å². The molecule has 1 aliphatic heterocycles. The fraction of sp³-hybridized carbons (Fsp3) is 1.00. The molecule has 0 aromatic carbocycles. The first-order valence-electron chi connectivity index (χ1n) is 4.67. The lowest BCUT2D eigenvalue weighted by Crippen LogP contribution is -2.42. The monoisotopic (exact) mass is 205 g/mol. The maximum atomic E-state index is 10.3. The van der Waals surface area contributed by atoms with Crippen LogP contribution in [-0.4, -0.2) is 52.1 Å². The molecule has 1 atom stereocenters. The maximum Gasteiger partial charge on any atom is 0.0229 e. The van der Waals surface area contributed by atoms with Gasteiger partial charge in [0.2, 0.25) is 0 Å². The number of hydrogen-bond acceptors (Lipinski definition) is 4. The highest BCUT2D eigenvalue weighted by Gasteiger charge is 2.16. The summed E-state index contributed by atoms with van der Waals surface area (Å²) in [6.07, 6.45) is 2.25. The maximum absolute atomic E-state index is 10.3. The lowest BCUT2D eigenvalue weighted by Gasteiger charge is -2.31. The van der Waals surface area contributed by atoms with E-state index in [1.807, 2.05) is 7.05 Å². The molecule has 0 radical (unpaired) electrons. The van der Waals surface area contributed by atoms with E-state index < -0.39 is 11.1 Å². The molecule has 0 bridgehead atoms. The normalized spacial score (nSPS) is 22.1. The summed E-state index contributed by atoms with van der Waals surface area (Å²) in [7, 11) is 2.00. The van der Waals surface area contributed by atoms with Gasteiger partial charge in [0, 0.05) is 18.3 Å². The number of piperidine rings is 1. The summed E-state index contributed by atoms with van der Waals surface area (Å²) in [5, 5.41) is 3.29. The second kappa shape index (κ2) is 5.70. The summed E-state index contributed by atoms with van der Waals surface area (Å²) in [4.78, 5) is 2.15. The SMILES string of the molecule is CN(CCS(=O)[O-])C1CCNCC1. The molecule has 5 heteroatoms. The van der Waals surface area contributed by atoms with Gasteiger partial charge < -0.3 is 14.8 Å². The van der Waals surface area contributed by atoms with Crippen molar-refractivity contribution in [3.63, 3.8) is 0 Å². The molecule has 0 amide bonds. The van der Waals surface area contributed by atoms with Gasteiger partial charge in [-0.1, -0.05) is 11.1 Å². The summed E-state index contributed by atoms with van der Waals surface area (Å²) in [6.45, 7) is 2.76. The van der Waals surface area contributed by atoms with Crippen LogP contribution < -0.4 is 5.32 Å². The Morgan fingerprint density at radius 3 is 2.69 bits per heavy atom. The molecule has 1 heterocycles. The van der Waals surface area contributed by atoms with E-state index in [1.165, 1.54) is 0 Å². The van der Waals surface area contributed by atoms with Gasteiger partial charge in [-0.25, -0.2) is 0 Å². The van der Waals surface area contributed by atoms with Crippen LogP contribution in [0.3, 0.4) is 0 Å². The van der Waals surface area contributed by atoms with Crippen molar-refractivity contribution >= 4 is 11.1 Å². The molecular formula is C8H17N2O2S-.